The van der Waals surface area contributed by atoms with Crippen molar-refractivity contribution in [3.63, 3.8) is 0 Å². The third kappa shape index (κ3) is 2.46. The summed E-state index contributed by atoms with van der Waals surface area (Å²) < 4.78 is 5.02. The van der Waals surface area contributed by atoms with Crippen LogP contribution in [0.4, 0.5) is 0 Å². The minimum Gasteiger partial charge on any atom is -0.504 e. The van der Waals surface area contributed by atoms with Crippen LogP contribution in [0.5, 0.6) is 11.5 Å². The van der Waals surface area contributed by atoms with Crippen molar-refractivity contribution in [1.29, 1.82) is 5.26 Å². The summed E-state index contributed by atoms with van der Waals surface area (Å²) in [4.78, 5) is 0. The zero-order chi connectivity index (χ0) is 11.7. The van der Waals surface area contributed by atoms with E-state index in [1.807, 2.05) is 0 Å². The fourth-order valence-electron chi connectivity index (χ4n) is 1.88. The van der Waals surface area contributed by atoms with E-state index in [9.17, 15) is 5.11 Å². The van der Waals surface area contributed by atoms with Crippen LogP contribution in [0, 0.1) is 17.2 Å². The molecule has 5 heteroatoms. The lowest BCUT2D eigenvalue weighted by Crippen LogP contribution is -2.14. The van der Waals surface area contributed by atoms with Crippen molar-refractivity contribution < 1.29 is 9.84 Å². The van der Waals surface area contributed by atoms with Gasteiger partial charge in [-0.05, 0) is 30.9 Å². The number of phenols is 1. The van der Waals surface area contributed by atoms with E-state index in [-0.39, 0.29) is 24.2 Å². The maximum Gasteiger partial charge on any atom is 0.163 e. The summed E-state index contributed by atoms with van der Waals surface area (Å²) >= 11 is 0. The van der Waals surface area contributed by atoms with Gasteiger partial charge in [-0.3, -0.25) is 0 Å². The Balaban J connectivity index is 0.00000144. The number of benzene rings is 1. The minimum absolute atomic E-state index is 0. The molecule has 0 spiro atoms. The van der Waals surface area contributed by atoms with Gasteiger partial charge in [0.15, 0.2) is 11.5 Å². The first-order valence-corrected chi connectivity index (χ1v) is 5.24. The van der Waals surface area contributed by atoms with Crippen LogP contribution in [0.15, 0.2) is 12.1 Å². The molecule has 1 aromatic carbocycles. The first-order chi connectivity index (χ1) is 7.69. The summed E-state index contributed by atoms with van der Waals surface area (Å²) in [5, 5.41) is 19.0. The SMILES string of the molecule is COc1ccc(C#N)c([C@@H](N)C2CC2)c1O.Cl. The van der Waals surface area contributed by atoms with Crippen molar-refractivity contribution >= 4 is 12.4 Å². The van der Waals surface area contributed by atoms with Crippen LogP contribution >= 0.6 is 12.4 Å². The lowest BCUT2D eigenvalue weighted by Gasteiger charge is -2.16. The number of ether oxygens (including phenoxy) is 1. The maximum absolute atomic E-state index is 9.99. The van der Waals surface area contributed by atoms with Crippen molar-refractivity contribution in [3.05, 3.63) is 23.3 Å². The fraction of sp³-hybridized carbons (Fsp3) is 0.417. The van der Waals surface area contributed by atoms with Gasteiger partial charge in [-0.15, -0.1) is 12.4 Å². The molecule has 4 nitrogen and oxygen atoms in total. The van der Waals surface area contributed by atoms with Crippen LogP contribution in [-0.2, 0) is 0 Å². The molecule has 0 saturated heterocycles. The van der Waals surface area contributed by atoms with E-state index < -0.39 is 0 Å². The lowest BCUT2D eigenvalue weighted by molar-refractivity contribution is 0.367. The third-order valence-corrected chi connectivity index (χ3v) is 2.98. The number of phenolic OH excluding ortho intramolecular Hbond substituents is 1. The zero-order valence-electron chi connectivity index (χ0n) is 9.51. The molecule has 1 atom stereocenters. The van der Waals surface area contributed by atoms with Crippen LogP contribution in [0.2, 0.25) is 0 Å². The summed E-state index contributed by atoms with van der Waals surface area (Å²) in [6, 6.07) is 5.00. The Hall–Kier alpha value is -1.44. The van der Waals surface area contributed by atoms with Crippen LogP contribution in [0.1, 0.15) is 30.0 Å². The molecule has 0 aromatic heterocycles. The highest BCUT2D eigenvalue weighted by atomic mass is 35.5. The molecule has 0 heterocycles. The van der Waals surface area contributed by atoms with Gasteiger partial charge >= 0.3 is 0 Å². The summed E-state index contributed by atoms with van der Waals surface area (Å²) in [6.07, 6.45) is 2.12. The molecule has 1 aromatic rings. The van der Waals surface area contributed by atoms with E-state index in [2.05, 4.69) is 6.07 Å². The number of nitrogens with zero attached hydrogens (tertiary/aromatic N) is 1. The van der Waals surface area contributed by atoms with Crippen molar-refractivity contribution in [2.75, 3.05) is 7.11 Å². The number of nitrogens with two attached hydrogens (primary N) is 1. The molecular formula is C12H15ClN2O2. The first kappa shape index (κ1) is 13.6. The third-order valence-electron chi connectivity index (χ3n) is 2.98. The maximum atomic E-state index is 9.99. The minimum atomic E-state index is -0.273. The summed E-state index contributed by atoms with van der Waals surface area (Å²) in [7, 11) is 1.48. The van der Waals surface area contributed by atoms with E-state index in [0.717, 1.165) is 12.8 Å². The van der Waals surface area contributed by atoms with E-state index >= 15 is 0 Å². The molecule has 0 bridgehead atoms. The van der Waals surface area contributed by atoms with Gasteiger partial charge in [0.2, 0.25) is 0 Å². The number of halogens is 1. The lowest BCUT2D eigenvalue weighted by atomic mass is 9.96. The Morgan fingerprint density at radius 1 is 1.53 bits per heavy atom. The molecular weight excluding hydrogens is 240 g/mol. The van der Waals surface area contributed by atoms with E-state index in [1.54, 1.807) is 12.1 Å². The zero-order valence-corrected chi connectivity index (χ0v) is 10.3. The van der Waals surface area contributed by atoms with Gasteiger partial charge in [0.1, 0.15) is 0 Å². The van der Waals surface area contributed by atoms with Gasteiger partial charge < -0.3 is 15.6 Å². The molecule has 2 rings (SSSR count). The van der Waals surface area contributed by atoms with Gasteiger partial charge in [-0.25, -0.2) is 0 Å². The average molecular weight is 255 g/mol. The van der Waals surface area contributed by atoms with Crippen molar-refractivity contribution in [3.8, 4) is 17.6 Å². The predicted octanol–water partition coefficient (Wildman–Crippen LogP) is 2.10. The van der Waals surface area contributed by atoms with Gasteiger partial charge in [0.25, 0.3) is 0 Å². The first-order valence-electron chi connectivity index (χ1n) is 5.24. The molecule has 1 fully saturated rings. The van der Waals surface area contributed by atoms with Crippen LogP contribution < -0.4 is 10.5 Å². The fourth-order valence-corrected chi connectivity index (χ4v) is 1.88. The number of hydrogen-bond acceptors (Lipinski definition) is 4. The van der Waals surface area contributed by atoms with Gasteiger partial charge in [0, 0.05) is 11.6 Å². The van der Waals surface area contributed by atoms with Crippen LogP contribution in [0.3, 0.4) is 0 Å². The Bertz CT molecular complexity index is 453. The summed E-state index contributed by atoms with van der Waals surface area (Å²) in [5.41, 5.74) is 6.98. The van der Waals surface area contributed by atoms with Crippen LogP contribution in [-0.4, -0.2) is 12.2 Å². The molecule has 0 unspecified atom stereocenters. The average Bonchev–Trinajstić information content (AvgIpc) is 3.11. The highest BCUT2D eigenvalue weighted by Gasteiger charge is 2.33. The second-order valence-electron chi connectivity index (χ2n) is 4.05. The quantitative estimate of drug-likeness (QED) is 0.866. The number of aromatic hydroxyl groups is 1. The molecule has 3 N–H and O–H groups in total. The normalized spacial score (nSPS) is 15.6. The van der Waals surface area contributed by atoms with Crippen molar-refractivity contribution in [2.45, 2.75) is 18.9 Å². The van der Waals surface area contributed by atoms with E-state index in [1.165, 1.54) is 7.11 Å². The number of rotatable bonds is 3. The van der Waals surface area contributed by atoms with Crippen LogP contribution in [0.25, 0.3) is 0 Å². The number of methoxy groups -OCH3 is 1. The Morgan fingerprint density at radius 2 is 2.18 bits per heavy atom. The van der Waals surface area contributed by atoms with Gasteiger partial charge in [-0.1, -0.05) is 0 Å². The van der Waals surface area contributed by atoms with Gasteiger partial charge in [0.05, 0.1) is 18.7 Å². The highest BCUT2D eigenvalue weighted by molar-refractivity contribution is 5.85. The Kier molecular flexibility index (Phi) is 4.22. The standard InChI is InChI=1S/C12H14N2O2.ClH/c1-16-9-5-4-8(6-13)10(12(9)15)11(14)7-2-3-7;/h4-5,7,11,15H,2-3,14H2,1H3;1H/t11-;/m0./s1. The number of hydrogen-bond donors (Lipinski definition) is 2. The molecule has 0 aliphatic heterocycles. The smallest absolute Gasteiger partial charge is 0.163 e. The predicted molar refractivity (Wildman–Crippen MR) is 66.3 cm³/mol. The molecule has 1 aliphatic rings. The Morgan fingerprint density at radius 3 is 2.65 bits per heavy atom. The van der Waals surface area contributed by atoms with Crippen molar-refractivity contribution in [2.24, 2.45) is 11.7 Å². The summed E-state index contributed by atoms with van der Waals surface area (Å²) in [5.74, 6) is 0.746. The number of nitriles is 1. The van der Waals surface area contributed by atoms with E-state index in [4.69, 9.17) is 15.7 Å². The summed E-state index contributed by atoms with van der Waals surface area (Å²) in [6.45, 7) is 0. The van der Waals surface area contributed by atoms with Crippen molar-refractivity contribution in [1.82, 2.24) is 0 Å². The molecule has 1 aliphatic carbocycles. The Labute approximate surface area is 106 Å². The van der Waals surface area contributed by atoms with Gasteiger partial charge in [-0.2, -0.15) is 5.26 Å². The van der Waals surface area contributed by atoms with E-state index in [0.29, 0.717) is 22.8 Å². The monoisotopic (exact) mass is 254 g/mol. The topological polar surface area (TPSA) is 79.3 Å². The largest absolute Gasteiger partial charge is 0.504 e. The molecule has 92 valence electrons. The highest BCUT2D eigenvalue weighted by Crippen LogP contribution is 2.45. The second kappa shape index (κ2) is 5.26. The second-order valence-corrected chi connectivity index (χ2v) is 4.05. The molecule has 17 heavy (non-hydrogen) atoms. The molecule has 0 radical (unpaired) electrons. The molecule has 1 saturated carbocycles. The molecule has 0 amide bonds.